The first-order valence-electron chi connectivity index (χ1n) is 5.32. The number of nitrogens with one attached hydrogen (secondary N) is 2. The van der Waals surface area contributed by atoms with E-state index in [0.29, 0.717) is 11.6 Å². The van der Waals surface area contributed by atoms with Crippen LogP contribution in [-0.2, 0) is 0 Å². The van der Waals surface area contributed by atoms with Gasteiger partial charge in [-0.2, -0.15) is 10.2 Å². The summed E-state index contributed by atoms with van der Waals surface area (Å²) in [5.74, 6) is 0.867. The SMILES string of the molecule is Nc1cc(-c2cccc(-c3cc(N)n[nH]3)n2)[nH]n1. The van der Waals surface area contributed by atoms with E-state index in [4.69, 9.17) is 11.5 Å². The molecule has 6 N–H and O–H groups in total. The van der Waals surface area contributed by atoms with E-state index < -0.39 is 0 Å². The van der Waals surface area contributed by atoms with Crippen molar-refractivity contribution in [3.63, 3.8) is 0 Å². The summed E-state index contributed by atoms with van der Waals surface area (Å²) >= 11 is 0. The minimum Gasteiger partial charge on any atom is -0.382 e. The number of hydrogen-bond acceptors (Lipinski definition) is 5. The van der Waals surface area contributed by atoms with Crippen LogP contribution < -0.4 is 11.5 Å². The third kappa shape index (κ3) is 1.77. The molecule has 0 amide bonds. The Bertz CT molecular complexity index is 627. The summed E-state index contributed by atoms with van der Waals surface area (Å²) in [5, 5.41) is 13.4. The highest BCUT2D eigenvalue weighted by Gasteiger charge is 2.07. The van der Waals surface area contributed by atoms with E-state index in [-0.39, 0.29) is 0 Å². The van der Waals surface area contributed by atoms with Crippen molar-refractivity contribution in [3.05, 3.63) is 30.3 Å². The molecule has 0 aliphatic heterocycles. The summed E-state index contributed by atoms with van der Waals surface area (Å²) in [7, 11) is 0. The van der Waals surface area contributed by atoms with Crippen LogP contribution in [0.3, 0.4) is 0 Å². The van der Waals surface area contributed by atoms with E-state index >= 15 is 0 Å². The molecule has 0 fully saturated rings. The largest absolute Gasteiger partial charge is 0.382 e. The second kappa shape index (κ2) is 3.88. The van der Waals surface area contributed by atoms with Gasteiger partial charge in [-0.1, -0.05) is 6.07 Å². The number of nitrogens with zero attached hydrogens (tertiary/aromatic N) is 3. The molecule has 0 aromatic carbocycles. The van der Waals surface area contributed by atoms with Crippen LogP contribution in [0.15, 0.2) is 30.3 Å². The van der Waals surface area contributed by atoms with Gasteiger partial charge in [0.15, 0.2) is 0 Å². The maximum absolute atomic E-state index is 5.57. The molecule has 0 spiro atoms. The van der Waals surface area contributed by atoms with Crippen LogP contribution in [0.4, 0.5) is 11.6 Å². The van der Waals surface area contributed by atoms with E-state index in [9.17, 15) is 0 Å². The number of H-pyrrole nitrogens is 2. The van der Waals surface area contributed by atoms with Crippen molar-refractivity contribution in [3.8, 4) is 22.8 Å². The third-order valence-corrected chi connectivity index (χ3v) is 2.50. The van der Waals surface area contributed by atoms with Gasteiger partial charge in [-0.05, 0) is 12.1 Å². The number of nitrogen functional groups attached to an aromatic ring is 2. The average molecular weight is 241 g/mol. The standard InChI is InChI=1S/C11H11N7/c12-10-4-8(15-17-10)6-2-1-3-7(14-6)9-5-11(13)18-16-9/h1-5H,(H3,12,15,17)(H3,13,16,18). The molecule has 0 aliphatic carbocycles. The van der Waals surface area contributed by atoms with Crippen LogP contribution >= 0.6 is 0 Å². The number of aromatic nitrogens is 5. The van der Waals surface area contributed by atoms with Crippen LogP contribution in [0.25, 0.3) is 22.8 Å². The van der Waals surface area contributed by atoms with Crippen molar-refractivity contribution in [1.29, 1.82) is 0 Å². The number of nitrogens with two attached hydrogens (primary N) is 2. The first-order valence-corrected chi connectivity index (χ1v) is 5.32. The molecule has 18 heavy (non-hydrogen) atoms. The van der Waals surface area contributed by atoms with E-state index in [1.54, 1.807) is 12.1 Å². The average Bonchev–Trinajstić information content (AvgIpc) is 2.98. The van der Waals surface area contributed by atoms with E-state index in [2.05, 4.69) is 25.4 Å². The summed E-state index contributed by atoms with van der Waals surface area (Å²) in [6, 6.07) is 9.10. The molecule has 0 atom stereocenters. The molecule has 0 saturated carbocycles. The lowest BCUT2D eigenvalue weighted by molar-refractivity contribution is 1.08. The predicted octanol–water partition coefficient (Wildman–Crippen LogP) is 1.03. The van der Waals surface area contributed by atoms with Gasteiger partial charge in [0.2, 0.25) is 0 Å². The van der Waals surface area contributed by atoms with Crippen molar-refractivity contribution in [2.45, 2.75) is 0 Å². The van der Waals surface area contributed by atoms with Gasteiger partial charge in [-0.25, -0.2) is 4.98 Å². The second-order valence-corrected chi connectivity index (χ2v) is 3.82. The van der Waals surface area contributed by atoms with Gasteiger partial charge in [0.1, 0.15) is 11.6 Å². The van der Waals surface area contributed by atoms with Gasteiger partial charge in [-0.3, -0.25) is 10.2 Å². The molecule has 0 radical (unpaired) electrons. The number of anilines is 2. The zero-order valence-corrected chi connectivity index (χ0v) is 9.38. The molecule has 3 heterocycles. The van der Waals surface area contributed by atoms with Crippen molar-refractivity contribution in [2.75, 3.05) is 11.5 Å². The van der Waals surface area contributed by atoms with Crippen molar-refractivity contribution < 1.29 is 0 Å². The normalized spacial score (nSPS) is 10.7. The number of aromatic amines is 2. The van der Waals surface area contributed by atoms with E-state index in [0.717, 1.165) is 22.8 Å². The van der Waals surface area contributed by atoms with Gasteiger partial charge < -0.3 is 11.5 Å². The Labute approximate surface area is 102 Å². The minimum atomic E-state index is 0.433. The first kappa shape index (κ1) is 10.3. The van der Waals surface area contributed by atoms with Crippen molar-refractivity contribution in [1.82, 2.24) is 25.4 Å². The van der Waals surface area contributed by atoms with Crippen LogP contribution in [-0.4, -0.2) is 25.4 Å². The third-order valence-electron chi connectivity index (χ3n) is 2.50. The molecule has 0 aliphatic rings. The highest BCUT2D eigenvalue weighted by molar-refractivity contribution is 5.64. The van der Waals surface area contributed by atoms with Gasteiger partial charge in [-0.15, -0.1) is 0 Å². The van der Waals surface area contributed by atoms with E-state index in [1.165, 1.54) is 0 Å². The maximum Gasteiger partial charge on any atom is 0.145 e. The minimum absolute atomic E-state index is 0.433. The van der Waals surface area contributed by atoms with Crippen molar-refractivity contribution >= 4 is 11.6 Å². The fourth-order valence-corrected chi connectivity index (χ4v) is 1.67. The Morgan fingerprint density at radius 1 is 0.833 bits per heavy atom. The summed E-state index contributed by atoms with van der Waals surface area (Å²) < 4.78 is 0. The number of rotatable bonds is 2. The molecule has 3 rings (SSSR count). The molecule has 7 heteroatoms. The van der Waals surface area contributed by atoms with Crippen LogP contribution in [0.1, 0.15) is 0 Å². The Balaban J connectivity index is 2.04. The Hall–Kier alpha value is -2.83. The first-order chi connectivity index (χ1) is 8.72. The summed E-state index contributed by atoms with van der Waals surface area (Å²) in [6.07, 6.45) is 0. The van der Waals surface area contributed by atoms with Crippen LogP contribution in [0.5, 0.6) is 0 Å². The van der Waals surface area contributed by atoms with Crippen molar-refractivity contribution in [2.24, 2.45) is 0 Å². The molecule has 0 unspecified atom stereocenters. The molecule has 3 aromatic rings. The summed E-state index contributed by atoms with van der Waals surface area (Å²) in [6.45, 7) is 0. The predicted molar refractivity (Wildman–Crippen MR) is 68.2 cm³/mol. The Morgan fingerprint density at radius 2 is 1.33 bits per heavy atom. The smallest absolute Gasteiger partial charge is 0.145 e. The fourth-order valence-electron chi connectivity index (χ4n) is 1.67. The lowest BCUT2D eigenvalue weighted by Crippen LogP contribution is -1.88. The summed E-state index contributed by atoms with van der Waals surface area (Å²) in [5.41, 5.74) is 14.2. The molecule has 7 nitrogen and oxygen atoms in total. The molecule has 3 aromatic heterocycles. The van der Waals surface area contributed by atoms with E-state index in [1.807, 2.05) is 18.2 Å². The molecular weight excluding hydrogens is 230 g/mol. The fraction of sp³-hybridized carbons (Fsp3) is 0. The molecular formula is C11H11N7. The lowest BCUT2D eigenvalue weighted by atomic mass is 10.2. The summed E-state index contributed by atoms with van der Waals surface area (Å²) in [4.78, 5) is 4.49. The van der Waals surface area contributed by atoms with Gasteiger partial charge >= 0.3 is 0 Å². The number of pyridine rings is 1. The molecule has 0 bridgehead atoms. The van der Waals surface area contributed by atoms with Gasteiger partial charge in [0, 0.05) is 12.1 Å². The number of hydrogen-bond donors (Lipinski definition) is 4. The zero-order valence-electron chi connectivity index (χ0n) is 9.38. The molecule has 0 saturated heterocycles. The van der Waals surface area contributed by atoms with Crippen LogP contribution in [0, 0.1) is 0 Å². The topological polar surface area (TPSA) is 122 Å². The highest BCUT2D eigenvalue weighted by Crippen LogP contribution is 2.21. The Kier molecular flexibility index (Phi) is 2.23. The Morgan fingerprint density at radius 3 is 1.72 bits per heavy atom. The molecule has 90 valence electrons. The second-order valence-electron chi connectivity index (χ2n) is 3.82. The highest BCUT2D eigenvalue weighted by atomic mass is 15.2. The van der Waals surface area contributed by atoms with Gasteiger partial charge in [0.25, 0.3) is 0 Å². The quantitative estimate of drug-likeness (QED) is 0.533. The monoisotopic (exact) mass is 241 g/mol. The maximum atomic E-state index is 5.57. The van der Waals surface area contributed by atoms with Gasteiger partial charge in [0.05, 0.1) is 22.8 Å². The zero-order chi connectivity index (χ0) is 12.5. The van der Waals surface area contributed by atoms with Crippen LogP contribution in [0.2, 0.25) is 0 Å². The lowest BCUT2D eigenvalue weighted by Gasteiger charge is -2.00.